The molecule has 0 fully saturated rings. The zero-order chi connectivity index (χ0) is 18.4. The Hall–Kier alpha value is -3.47. The van der Waals surface area contributed by atoms with Gasteiger partial charge in [-0.3, -0.25) is 14.9 Å². The third-order valence-corrected chi connectivity index (χ3v) is 3.61. The summed E-state index contributed by atoms with van der Waals surface area (Å²) in [6, 6.07) is 11.8. The van der Waals surface area contributed by atoms with E-state index in [1.807, 2.05) is 31.2 Å². The molecule has 0 atom stereocenters. The van der Waals surface area contributed by atoms with Crippen LogP contribution in [0.3, 0.4) is 0 Å². The predicted octanol–water partition coefficient (Wildman–Crippen LogP) is 2.50. The standard InChI is InChI=1S/C17H17N5O3/c1-3-12-6-4-5-7-13(12)20-17(23)11-21(2)16-9-8-15(22(24)25)14(10-18)19-16/h4-9H,3,11H2,1-2H3,(H,20,23). The number of nitrogens with zero attached hydrogens (tertiary/aromatic N) is 4. The van der Waals surface area contributed by atoms with E-state index in [1.165, 1.54) is 17.0 Å². The highest BCUT2D eigenvalue weighted by Gasteiger charge is 2.18. The average molecular weight is 339 g/mol. The minimum Gasteiger partial charge on any atom is -0.350 e. The van der Waals surface area contributed by atoms with Crippen LogP contribution >= 0.6 is 0 Å². The van der Waals surface area contributed by atoms with Crippen LogP contribution in [0.15, 0.2) is 36.4 Å². The Labute approximate surface area is 144 Å². The molecule has 0 aliphatic carbocycles. The van der Waals surface area contributed by atoms with E-state index in [9.17, 15) is 14.9 Å². The van der Waals surface area contributed by atoms with Crippen molar-refractivity contribution in [1.82, 2.24) is 4.98 Å². The summed E-state index contributed by atoms with van der Waals surface area (Å²) in [5.41, 5.74) is 1.13. The van der Waals surface area contributed by atoms with Crippen LogP contribution in [0.5, 0.6) is 0 Å². The third kappa shape index (κ3) is 4.29. The Morgan fingerprint density at radius 3 is 2.72 bits per heavy atom. The van der Waals surface area contributed by atoms with Crippen molar-refractivity contribution in [2.45, 2.75) is 13.3 Å². The summed E-state index contributed by atoms with van der Waals surface area (Å²) in [5, 5.41) is 22.7. The molecule has 1 aromatic carbocycles. The van der Waals surface area contributed by atoms with Gasteiger partial charge in [0.1, 0.15) is 11.9 Å². The van der Waals surface area contributed by atoms with Gasteiger partial charge in [0.2, 0.25) is 11.6 Å². The van der Waals surface area contributed by atoms with Crippen LogP contribution in [-0.4, -0.2) is 29.4 Å². The van der Waals surface area contributed by atoms with Gasteiger partial charge in [-0.25, -0.2) is 4.98 Å². The van der Waals surface area contributed by atoms with Gasteiger partial charge in [0.05, 0.1) is 11.5 Å². The van der Waals surface area contributed by atoms with E-state index in [0.717, 1.165) is 17.7 Å². The summed E-state index contributed by atoms with van der Waals surface area (Å²) in [7, 11) is 1.63. The minimum absolute atomic E-state index is 0.00622. The van der Waals surface area contributed by atoms with Crippen LogP contribution in [0.25, 0.3) is 0 Å². The van der Waals surface area contributed by atoms with Crippen LogP contribution in [0, 0.1) is 21.4 Å². The van der Waals surface area contributed by atoms with Gasteiger partial charge in [-0.15, -0.1) is 0 Å². The molecule has 0 unspecified atom stereocenters. The lowest BCUT2D eigenvalue weighted by molar-refractivity contribution is -0.385. The molecular formula is C17H17N5O3. The molecule has 128 valence electrons. The van der Waals surface area contributed by atoms with Crippen molar-refractivity contribution in [3.8, 4) is 6.07 Å². The van der Waals surface area contributed by atoms with Gasteiger partial charge in [-0.05, 0) is 24.1 Å². The number of benzene rings is 1. The van der Waals surface area contributed by atoms with Gasteiger partial charge in [-0.1, -0.05) is 25.1 Å². The number of pyridine rings is 1. The fourth-order valence-corrected chi connectivity index (χ4v) is 2.32. The van der Waals surface area contributed by atoms with Crippen LogP contribution in [0.4, 0.5) is 17.2 Å². The van der Waals surface area contributed by atoms with E-state index >= 15 is 0 Å². The van der Waals surface area contributed by atoms with Gasteiger partial charge in [0, 0.05) is 18.8 Å². The highest BCUT2D eigenvalue weighted by atomic mass is 16.6. The van der Waals surface area contributed by atoms with E-state index in [1.54, 1.807) is 13.1 Å². The number of nitrogens with one attached hydrogen (secondary N) is 1. The third-order valence-electron chi connectivity index (χ3n) is 3.61. The molecule has 1 amide bonds. The molecule has 0 saturated heterocycles. The summed E-state index contributed by atoms with van der Waals surface area (Å²) in [4.78, 5) is 27.9. The van der Waals surface area contributed by atoms with E-state index < -0.39 is 4.92 Å². The smallest absolute Gasteiger partial charge is 0.305 e. The normalized spacial score (nSPS) is 9.96. The number of carbonyl (C=O) groups excluding carboxylic acids is 1. The fourth-order valence-electron chi connectivity index (χ4n) is 2.32. The van der Waals surface area contributed by atoms with Crippen molar-refractivity contribution in [1.29, 1.82) is 5.26 Å². The van der Waals surface area contributed by atoms with Crippen molar-refractivity contribution in [3.63, 3.8) is 0 Å². The number of nitro groups is 1. The summed E-state index contributed by atoms with van der Waals surface area (Å²) >= 11 is 0. The largest absolute Gasteiger partial charge is 0.350 e. The Morgan fingerprint density at radius 1 is 1.36 bits per heavy atom. The summed E-state index contributed by atoms with van der Waals surface area (Å²) in [6.07, 6.45) is 0.793. The Kier molecular flexibility index (Phi) is 5.63. The van der Waals surface area contributed by atoms with Crippen LogP contribution in [0.1, 0.15) is 18.2 Å². The van der Waals surface area contributed by atoms with Crippen molar-refractivity contribution < 1.29 is 9.72 Å². The lowest BCUT2D eigenvalue weighted by Gasteiger charge is -2.18. The molecule has 0 aliphatic rings. The van der Waals surface area contributed by atoms with Gasteiger partial charge in [0.15, 0.2) is 0 Å². The second kappa shape index (κ2) is 7.88. The first-order valence-electron chi connectivity index (χ1n) is 7.60. The number of carbonyl (C=O) groups is 1. The summed E-state index contributed by atoms with van der Waals surface area (Å²) < 4.78 is 0. The van der Waals surface area contributed by atoms with Crippen molar-refractivity contribution in [2.24, 2.45) is 0 Å². The van der Waals surface area contributed by atoms with Crippen LogP contribution in [0.2, 0.25) is 0 Å². The van der Waals surface area contributed by atoms with Crippen LogP contribution in [-0.2, 0) is 11.2 Å². The van der Waals surface area contributed by atoms with Gasteiger partial charge in [0.25, 0.3) is 0 Å². The van der Waals surface area contributed by atoms with E-state index in [-0.39, 0.29) is 23.8 Å². The fraction of sp³-hybridized carbons (Fsp3) is 0.235. The van der Waals surface area contributed by atoms with Crippen LogP contribution < -0.4 is 10.2 Å². The lowest BCUT2D eigenvalue weighted by atomic mass is 10.1. The first-order chi connectivity index (χ1) is 12.0. The zero-order valence-electron chi connectivity index (χ0n) is 13.9. The molecule has 0 bridgehead atoms. The zero-order valence-corrected chi connectivity index (χ0v) is 13.9. The molecule has 2 rings (SSSR count). The molecule has 8 nitrogen and oxygen atoms in total. The maximum absolute atomic E-state index is 12.2. The maximum Gasteiger partial charge on any atom is 0.305 e. The Morgan fingerprint density at radius 2 is 2.08 bits per heavy atom. The first kappa shape index (κ1) is 17.9. The molecule has 0 spiro atoms. The van der Waals surface area contributed by atoms with Crippen molar-refractivity contribution in [2.75, 3.05) is 23.8 Å². The maximum atomic E-state index is 12.2. The Bertz CT molecular complexity index is 844. The Balaban J connectivity index is 2.11. The number of likely N-dealkylation sites (N-methyl/N-ethyl adjacent to an activating group) is 1. The number of anilines is 2. The van der Waals surface area contributed by atoms with Gasteiger partial charge < -0.3 is 10.2 Å². The van der Waals surface area contributed by atoms with E-state index in [2.05, 4.69) is 10.3 Å². The topological polar surface area (TPSA) is 112 Å². The molecular weight excluding hydrogens is 322 g/mol. The minimum atomic E-state index is -0.663. The molecule has 1 aromatic heterocycles. The second-order valence-electron chi connectivity index (χ2n) is 5.32. The van der Waals surface area contributed by atoms with E-state index in [0.29, 0.717) is 5.82 Å². The highest BCUT2D eigenvalue weighted by molar-refractivity contribution is 5.94. The summed E-state index contributed by atoms with van der Waals surface area (Å²) in [6.45, 7) is 2.00. The molecule has 25 heavy (non-hydrogen) atoms. The molecule has 8 heteroatoms. The number of aromatic nitrogens is 1. The number of rotatable bonds is 6. The van der Waals surface area contributed by atoms with Gasteiger partial charge in [-0.2, -0.15) is 5.26 Å². The molecule has 2 aromatic rings. The van der Waals surface area contributed by atoms with Crippen molar-refractivity contribution >= 4 is 23.1 Å². The van der Waals surface area contributed by atoms with Gasteiger partial charge >= 0.3 is 5.69 Å². The van der Waals surface area contributed by atoms with Crippen molar-refractivity contribution in [3.05, 3.63) is 57.8 Å². The molecule has 0 saturated carbocycles. The molecule has 1 heterocycles. The predicted molar refractivity (Wildman–Crippen MR) is 93.3 cm³/mol. The molecule has 0 radical (unpaired) electrons. The first-order valence-corrected chi connectivity index (χ1v) is 7.60. The number of nitriles is 1. The lowest BCUT2D eigenvalue weighted by Crippen LogP contribution is -2.31. The molecule has 0 aliphatic heterocycles. The second-order valence-corrected chi connectivity index (χ2v) is 5.32. The highest BCUT2D eigenvalue weighted by Crippen LogP contribution is 2.20. The quantitative estimate of drug-likeness (QED) is 0.639. The number of hydrogen-bond acceptors (Lipinski definition) is 6. The summed E-state index contributed by atoms with van der Waals surface area (Å²) in [5.74, 6) is 0.0585. The number of aryl methyl sites for hydroxylation is 1. The number of amides is 1. The van der Waals surface area contributed by atoms with E-state index in [4.69, 9.17) is 5.26 Å². The SMILES string of the molecule is CCc1ccccc1NC(=O)CN(C)c1ccc([N+](=O)[O-])c(C#N)n1. The number of para-hydroxylation sites is 1. The monoisotopic (exact) mass is 339 g/mol. The number of hydrogen-bond donors (Lipinski definition) is 1. The average Bonchev–Trinajstić information content (AvgIpc) is 2.61. The molecule has 1 N–H and O–H groups in total.